The van der Waals surface area contributed by atoms with E-state index in [0.29, 0.717) is 12.6 Å². The number of piperazine rings is 1. The Kier molecular flexibility index (Phi) is 6.25. The highest BCUT2D eigenvalue weighted by molar-refractivity contribution is 5.28. The average molecular weight is 382 g/mol. The first-order valence-electron chi connectivity index (χ1n) is 10.3. The van der Waals surface area contributed by atoms with Crippen molar-refractivity contribution in [3.8, 4) is 5.75 Å². The number of hydrogen-bond acceptors (Lipinski definition) is 5. The highest BCUT2D eigenvalue weighted by Crippen LogP contribution is 2.43. The Labute approximate surface area is 168 Å². The number of pyridine rings is 1. The van der Waals surface area contributed by atoms with Crippen LogP contribution < -0.4 is 10.1 Å². The van der Waals surface area contributed by atoms with Gasteiger partial charge in [0.25, 0.3) is 0 Å². The summed E-state index contributed by atoms with van der Waals surface area (Å²) in [6, 6.07) is 12.9. The van der Waals surface area contributed by atoms with Gasteiger partial charge in [-0.1, -0.05) is 24.6 Å². The summed E-state index contributed by atoms with van der Waals surface area (Å²) in [5.41, 5.74) is 2.72. The van der Waals surface area contributed by atoms with Crippen LogP contribution in [0.25, 0.3) is 0 Å². The van der Waals surface area contributed by atoms with Gasteiger partial charge in [0, 0.05) is 57.1 Å². The van der Waals surface area contributed by atoms with Gasteiger partial charge in [0.2, 0.25) is 0 Å². The maximum atomic E-state index is 6.27. The molecule has 1 unspecified atom stereocenters. The zero-order chi connectivity index (χ0) is 19.2. The molecule has 1 aromatic carbocycles. The number of hydrogen-bond donors (Lipinski definition) is 1. The van der Waals surface area contributed by atoms with E-state index in [2.05, 4.69) is 39.5 Å². The maximum Gasteiger partial charge on any atom is 0.119 e. The summed E-state index contributed by atoms with van der Waals surface area (Å²) in [5.74, 6) is 0.949. The van der Waals surface area contributed by atoms with Crippen molar-refractivity contribution in [2.75, 3.05) is 39.9 Å². The summed E-state index contributed by atoms with van der Waals surface area (Å²) in [6.07, 6.45) is 7.65. The number of aromatic nitrogens is 1. The Morgan fingerprint density at radius 2 is 2.18 bits per heavy atom. The van der Waals surface area contributed by atoms with E-state index in [0.717, 1.165) is 44.1 Å². The molecule has 1 aliphatic carbocycles. The Morgan fingerprint density at radius 3 is 2.93 bits per heavy atom. The van der Waals surface area contributed by atoms with Gasteiger partial charge in [-0.25, -0.2) is 0 Å². The van der Waals surface area contributed by atoms with Crippen LogP contribution in [0.1, 0.15) is 36.4 Å². The minimum Gasteiger partial charge on any atom is -0.493 e. The van der Waals surface area contributed by atoms with Crippen LogP contribution in [0.2, 0.25) is 0 Å². The van der Waals surface area contributed by atoms with Gasteiger partial charge in [-0.2, -0.15) is 0 Å². The van der Waals surface area contributed by atoms with Crippen LogP contribution in [-0.2, 0) is 11.3 Å². The molecule has 1 aliphatic heterocycles. The molecule has 28 heavy (non-hydrogen) atoms. The SMILES string of the molecule is COCc1cccc(OCC2(CN3CCNCC3c3cccnc3)CCC2)c1. The number of ether oxygens (including phenoxy) is 2. The van der Waals surface area contributed by atoms with Crippen LogP contribution in [0.15, 0.2) is 48.8 Å². The van der Waals surface area contributed by atoms with E-state index < -0.39 is 0 Å². The first-order valence-corrected chi connectivity index (χ1v) is 10.3. The fourth-order valence-electron chi connectivity index (χ4n) is 4.42. The predicted octanol–water partition coefficient (Wildman–Crippen LogP) is 3.42. The second-order valence-corrected chi connectivity index (χ2v) is 8.20. The lowest BCUT2D eigenvalue weighted by Crippen LogP contribution is -2.53. The van der Waals surface area contributed by atoms with Crippen molar-refractivity contribution in [1.29, 1.82) is 0 Å². The Morgan fingerprint density at radius 1 is 1.25 bits per heavy atom. The first kappa shape index (κ1) is 19.4. The zero-order valence-corrected chi connectivity index (χ0v) is 16.8. The third-order valence-electron chi connectivity index (χ3n) is 6.13. The molecule has 1 aromatic heterocycles. The molecule has 5 heteroatoms. The molecular weight excluding hydrogens is 350 g/mol. The zero-order valence-electron chi connectivity index (χ0n) is 16.8. The van der Waals surface area contributed by atoms with Gasteiger partial charge >= 0.3 is 0 Å². The topological polar surface area (TPSA) is 46.6 Å². The predicted molar refractivity (Wildman–Crippen MR) is 110 cm³/mol. The van der Waals surface area contributed by atoms with Gasteiger partial charge < -0.3 is 14.8 Å². The Balaban J connectivity index is 1.42. The van der Waals surface area contributed by atoms with Crippen LogP contribution in [0.3, 0.4) is 0 Å². The van der Waals surface area contributed by atoms with Crippen LogP contribution >= 0.6 is 0 Å². The minimum absolute atomic E-state index is 0.259. The fourth-order valence-corrected chi connectivity index (χ4v) is 4.42. The standard InChI is InChI=1S/C23H31N3O2/c1-27-16-19-5-2-7-21(13-19)28-18-23(8-4-9-23)17-26-12-11-25-15-22(26)20-6-3-10-24-14-20/h2-3,5-7,10,13-14,22,25H,4,8-9,11-12,15-18H2,1H3. The van der Waals surface area contributed by atoms with Gasteiger partial charge in [0.15, 0.2) is 0 Å². The van der Waals surface area contributed by atoms with Crippen molar-refractivity contribution in [3.63, 3.8) is 0 Å². The molecular formula is C23H31N3O2. The molecule has 2 heterocycles. The molecule has 2 aromatic rings. The van der Waals surface area contributed by atoms with E-state index >= 15 is 0 Å². The molecule has 1 saturated heterocycles. The van der Waals surface area contributed by atoms with E-state index in [1.54, 1.807) is 7.11 Å². The molecule has 0 radical (unpaired) electrons. The highest BCUT2D eigenvalue weighted by atomic mass is 16.5. The van der Waals surface area contributed by atoms with Crippen molar-refractivity contribution in [3.05, 3.63) is 59.9 Å². The molecule has 1 saturated carbocycles. The molecule has 0 bridgehead atoms. The average Bonchev–Trinajstić information content (AvgIpc) is 2.71. The van der Waals surface area contributed by atoms with Crippen LogP contribution in [-0.4, -0.2) is 49.8 Å². The normalized spacial score (nSPS) is 21.8. The largest absolute Gasteiger partial charge is 0.493 e. The molecule has 4 rings (SSSR count). The Hall–Kier alpha value is -1.95. The summed E-state index contributed by atoms with van der Waals surface area (Å²) >= 11 is 0. The van der Waals surface area contributed by atoms with Gasteiger partial charge in [-0.3, -0.25) is 9.88 Å². The summed E-state index contributed by atoms with van der Waals surface area (Å²) < 4.78 is 11.5. The first-order chi connectivity index (χ1) is 13.8. The van der Waals surface area contributed by atoms with Crippen molar-refractivity contribution < 1.29 is 9.47 Å². The quantitative estimate of drug-likeness (QED) is 0.759. The molecule has 2 aliphatic rings. The van der Waals surface area contributed by atoms with Crippen molar-refractivity contribution in [2.45, 2.75) is 31.9 Å². The Bertz CT molecular complexity index is 749. The number of benzene rings is 1. The minimum atomic E-state index is 0.259. The second-order valence-electron chi connectivity index (χ2n) is 8.20. The van der Waals surface area contributed by atoms with E-state index in [1.165, 1.54) is 24.8 Å². The molecule has 1 N–H and O–H groups in total. The van der Waals surface area contributed by atoms with Crippen molar-refractivity contribution in [2.24, 2.45) is 5.41 Å². The highest BCUT2D eigenvalue weighted by Gasteiger charge is 2.41. The monoisotopic (exact) mass is 381 g/mol. The molecule has 2 fully saturated rings. The van der Waals surface area contributed by atoms with Crippen molar-refractivity contribution >= 4 is 0 Å². The van der Waals surface area contributed by atoms with Gasteiger partial charge in [0.05, 0.1) is 13.2 Å². The maximum absolute atomic E-state index is 6.27. The van der Waals surface area contributed by atoms with Crippen LogP contribution in [0, 0.1) is 5.41 Å². The van der Waals surface area contributed by atoms with Gasteiger partial charge in [-0.15, -0.1) is 0 Å². The fraction of sp³-hybridized carbons (Fsp3) is 0.522. The number of nitrogens with zero attached hydrogens (tertiary/aromatic N) is 2. The molecule has 0 spiro atoms. The number of methoxy groups -OCH3 is 1. The molecule has 150 valence electrons. The number of nitrogens with one attached hydrogen (secondary N) is 1. The molecule has 0 amide bonds. The molecule has 5 nitrogen and oxygen atoms in total. The third kappa shape index (κ3) is 4.54. The van der Waals surface area contributed by atoms with Gasteiger partial charge in [0.1, 0.15) is 5.75 Å². The molecule has 1 atom stereocenters. The summed E-state index contributed by atoms with van der Waals surface area (Å²) in [5, 5.41) is 3.55. The number of rotatable bonds is 8. The second kappa shape index (κ2) is 9.03. The lowest BCUT2D eigenvalue weighted by Gasteiger charge is -2.48. The van der Waals surface area contributed by atoms with E-state index in [9.17, 15) is 0 Å². The summed E-state index contributed by atoms with van der Waals surface area (Å²) in [7, 11) is 1.73. The summed E-state index contributed by atoms with van der Waals surface area (Å²) in [4.78, 5) is 6.97. The van der Waals surface area contributed by atoms with Crippen molar-refractivity contribution in [1.82, 2.24) is 15.2 Å². The summed E-state index contributed by atoms with van der Waals surface area (Å²) in [6.45, 7) is 5.61. The lowest BCUT2D eigenvalue weighted by atomic mass is 9.68. The smallest absolute Gasteiger partial charge is 0.119 e. The third-order valence-corrected chi connectivity index (χ3v) is 6.13. The van der Waals surface area contributed by atoms with Crippen LogP contribution in [0.4, 0.5) is 0 Å². The van der Waals surface area contributed by atoms with Crippen LogP contribution in [0.5, 0.6) is 5.75 Å². The van der Waals surface area contributed by atoms with E-state index in [4.69, 9.17) is 9.47 Å². The lowest BCUT2D eigenvalue weighted by molar-refractivity contribution is -0.00270. The van der Waals surface area contributed by atoms with Gasteiger partial charge in [-0.05, 0) is 42.2 Å². The van der Waals surface area contributed by atoms with E-state index in [-0.39, 0.29) is 5.41 Å². The van der Waals surface area contributed by atoms with E-state index in [1.807, 2.05) is 24.5 Å².